The van der Waals surface area contributed by atoms with Crippen molar-refractivity contribution in [3.8, 4) is 0 Å². The van der Waals surface area contributed by atoms with Crippen LogP contribution in [0.15, 0.2) is 47.4 Å². The van der Waals surface area contributed by atoms with Crippen LogP contribution in [0.4, 0.5) is 5.69 Å². The van der Waals surface area contributed by atoms with Crippen LogP contribution in [0.1, 0.15) is 11.1 Å². The van der Waals surface area contributed by atoms with E-state index in [0.29, 0.717) is 5.52 Å². The Kier molecular flexibility index (Phi) is 4.66. The first-order valence-corrected chi connectivity index (χ1v) is 9.18. The molecule has 134 valence electrons. The zero-order chi connectivity index (χ0) is 18.1. The zero-order valence-corrected chi connectivity index (χ0v) is 15.5. The van der Waals surface area contributed by atoms with Crippen molar-refractivity contribution in [1.82, 2.24) is 14.9 Å². The molecule has 0 saturated carbocycles. The number of halogens is 1. The fraction of sp³-hybridized carbons (Fsp3) is 0.300. The topological polar surface area (TPSA) is 52.2 Å². The molecule has 1 fully saturated rings. The maximum atomic E-state index is 11.7. The van der Waals surface area contributed by atoms with Gasteiger partial charge < -0.3 is 9.88 Å². The Bertz CT molecular complexity index is 975. The summed E-state index contributed by atoms with van der Waals surface area (Å²) < 4.78 is 0. The lowest BCUT2D eigenvalue weighted by Crippen LogP contribution is -2.45. The van der Waals surface area contributed by atoms with E-state index >= 15 is 0 Å². The van der Waals surface area contributed by atoms with Gasteiger partial charge in [-0.2, -0.15) is 0 Å². The van der Waals surface area contributed by atoms with Gasteiger partial charge in [0, 0.05) is 44.6 Å². The third-order valence-electron chi connectivity index (χ3n) is 4.88. The van der Waals surface area contributed by atoms with Gasteiger partial charge in [-0.1, -0.05) is 29.3 Å². The Balaban J connectivity index is 1.42. The minimum absolute atomic E-state index is 0.171. The van der Waals surface area contributed by atoms with Crippen LogP contribution in [-0.4, -0.2) is 41.0 Å². The van der Waals surface area contributed by atoms with Crippen molar-refractivity contribution in [2.24, 2.45) is 0 Å². The summed E-state index contributed by atoms with van der Waals surface area (Å²) in [5.74, 6) is 0. The van der Waals surface area contributed by atoms with Gasteiger partial charge in [-0.05, 0) is 36.8 Å². The van der Waals surface area contributed by atoms with Crippen molar-refractivity contribution in [3.05, 3.63) is 69.1 Å². The van der Waals surface area contributed by atoms with Crippen molar-refractivity contribution < 1.29 is 0 Å². The highest BCUT2D eigenvalue weighted by Crippen LogP contribution is 2.19. The molecule has 4 rings (SSSR count). The van der Waals surface area contributed by atoms with Crippen molar-refractivity contribution in [1.29, 1.82) is 0 Å². The summed E-state index contributed by atoms with van der Waals surface area (Å²) in [6, 6.07) is 12.3. The second-order valence-electron chi connectivity index (χ2n) is 6.82. The fourth-order valence-electron chi connectivity index (χ4n) is 3.37. The number of benzene rings is 1. The average molecular weight is 369 g/mol. The number of rotatable bonds is 3. The largest absolute Gasteiger partial charge is 0.369 e. The molecule has 1 aromatic carbocycles. The summed E-state index contributed by atoms with van der Waals surface area (Å²) in [4.78, 5) is 23.8. The number of aromatic amines is 1. The van der Waals surface area contributed by atoms with Crippen LogP contribution in [0.2, 0.25) is 5.02 Å². The average Bonchev–Trinajstić information content (AvgIpc) is 2.64. The predicted molar refractivity (Wildman–Crippen MR) is 106 cm³/mol. The summed E-state index contributed by atoms with van der Waals surface area (Å²) in [5, 5.41) is 0.171. The Morgan fingerprint density at radius 3 is 2.58 bits per heavy atom. The second kappa shape index (κ2) is 7.09. The summed E-state index contributed by atoms with van der Waals surface area (Å²) in [5.41, 5.74) is 4.84. The Hall–Kier alpha value is -2.37. The molecule has 3 heterocycles. The second-order valence-corrected chi connectivity index (χ2v) is 7.23. The smallest absolute Gasteiger partial charge is 0.267 e. The lowest BCUT2D eigenvalue weighted by Gasteiger charge is -2.36. The van der Waals surface area contributed by atoms with Gasteiger partial charge in [0.25, 0.3) is 5.56 Å². The number of aromatic nitrogens is 2. The van der Waals surface area contributed by atoms with E-state index in [9.17, 15) is 4.79 Å². The van der Waals surface area contributed by atoms with Gasteiger partial charge in [0.1, 0.15) is 5.02 Å². The maximum absolute atomic E-state index is 11.7. The van der Waals surface area contributed by atoms with Gasteiger partial charge in [0.15, 0.2) is 0 Å². The summed E-state index contributed by atoms with van der Waals surface area (Å²) in [7, 11) is 0. The monoisotopic (exact) mass is 368 g/mol. The molecular weight excluding hydrogens is 348 g/mol. The van der Waals surface area contributed by atoms with Crippen LogP contribution in [0.3, 0.4) is 0 Å². The predicted octanol–water partition coefficient (Wildman–Crippen LogP) is 3.21. The molecule has 0 aliphatic carbocycles. The number of nitrogens with zero attached hydrogens (tertiary/aromatic N) is 3. The number of hydrogen-bond donors (Lipinski definition) is 1. The van der Waals surface area contributed by atoms with E-state index in [0.717, 1.165) is 43.8 Å². The van der Waals surface area contributed by atoms with Gasteiger partial charge in [0.2, 0.25) is 0 Å². The van der Waals surface area contributed by atoms with Crippen LogP contribution in [0, 0.1) is 6.92 Å². The Labute approximate surface area is 157 Å². The summed E-state index contributed by atoms with van der Waals surface area (Å²) in [6.07, 6.45) is 1.86. The highest BCUT2D eigenvalue weighted by atomic mass is 35.5. The minimum Gasteiger partial charge on any atom is -0.369 e. The SMILES string of the molecule is Cc1ccc(N2CCN(Cc3cnc4cc(Cl)c(=O)[nH]c4c3)CC2)cc1. The highest BCUT2D eigenvalue weighted by molar-refractivity contribution is 6.30. The number of fused-ring (bicyclic) bond motifs is 1. The van der Waals surface area contributed by atoms with Crippen molar-refractivity contribution in [2.45, 2.75) is 13.5 Å². The lowest BCUT2D eigenvalue weighted by molar-refractivity contribution is 0.249. The molecular formula is C20H21ClN4O. The molecule has 2 aromatic heterocycles. The molecule has 1 N–H and O–H groups in total. The fourth-order valence-corrected chi connectivity index (χ4v) is 3.52. The zero-order valence-electron chi connectivity index (χ0n) is 14.7. The number of hydrogen-bond acceptors (Lipinski definition) is 4. The first-order chi connectivity index (χ1) is 12.6. The Morgan fingerprint density at radius 1 is 1.12 bits per heavy atom. The van der Waals surface area contributed by atoms with E-state index < -0.39 is 0 Å². The van der Waals surface area contributed by atoms with E-state index in [4.69, 9.17) is 11.6 Å². The minimum atomic E-state index is -0.273. The standard InChI is InChI=1S/C20H21ClN4O/c1-14-2-4-16(5-3-14)25-8-6-24(7-9-25)13-15-10-19-18(22-12-15)11-17(21)20(26)23-19/h2-5,10-12H,6-9,13H2,1H3,(H,23,26). The van der Waals surface area contributed by atoms with Gasteiger partial charge in [-0.25, -0.2) is 0 Å². The van der Waals surface area contributed by atoms with Gasteiger partial charge >= 0.3 is 0 Å². The molecule has 3 aromatic rings. The van der Waals surface area contributed by atoms with Crippen LogP contribution in [0.5, 0.6) is 0 Å². The third kappa shape index (κ3) is 3.59. The molecule has 6 heteroatoms. The van der Waals surface area contributed by atoms with Gasteiger partial charge in [-0.3, -0.25) is 14.7 Å². The van der Waals surface area contributed by atoms with Crippen molar-refractivity contribution in [2.75, 3.05) is 31.1 Å². The van der Waals surface area contributed by atoms with E-state index in [2.05, 4.69) is 51.0 Å². The number of anilines is 1. The van der Waals surface area contributed by atoms with Gasteiger partial charge in [0.05, 0.1) is 11.0 Å². The van der Waals surface area contributed by atoms with Gasteiger partial charge in [-0.15, -0.1) is 0 Å². The number of pyridine rings is 2. The molecule has 5 nitrogen and oxygen atoms in total. The first kappa shape index (κ1) is 17.1. The lowest BCUT2D eigenvalue weighted by atomic mass is 10.2. The van der Waals surface area contributed by atoms with E-state index in [1.54, 1.807) is 6.07 Å². The Morgan fingerprint density at radius 2 is 1.85 bits per heavy atom. The molecule has 1 aliphatic rings. The first-order valence-electron chi connectivity index (χ1n) is 8.80. The number of aryl methyl sites for hydroxylation is 1. The quantitative estimate of drug-likeness (QED) is 0.771. The number of piperazine rings is 1. The summed E-state index contributed by atoms with van der Waals surface area (Å²) in [6.45, 7) is 6.97. The van der Waals surface area contributed by atoms with E-state index in [1.807, 2.05) is 12.3 Å². The molecule has 0 amide bonds. The summed E-state index contributed by atoms with van der Waals surface area (Å²) >= 11 is 5.86. The molecule has 0 spiro atoms. The number of nitrogens with one attached hydrogen (secondary N) is 1. The van der Waals surface area contributed by atoms with Crippen LogP contribution < -0.4 is 10.5 Å². The molecule has 0 atom stereocenters. The third-order valence-corrected chi connectivity index (χ3v) is 5.16. The highest BCUT2D eigenvalue weighted by Gasteiger charge is 2.17. The normalized spacial score (nSPS) is 15.5. The molecule has 26 heavy (non-hydrogen) atoms. The molecule has 0 bridgehead atoms. The van der Waals surface area contributed by atoms with Crippen molar-refractivity contribution >= 4 is 28.3 Å². The number of H-pyrrole nitrogens is 1. The van der Waals surface area contributed by atoms with Crippen molar-refractivity contribution in [3.63, 3.8) is 0 Å². The molecule has 0 unspecified atom stereocenters. The van der Waals surface area contributed by atoms with Crippen LogP contribution in [0.25, 0.3) is 11.0 Å². The maximum Gasteiger partial charge on any atom is 0.267 e. The van der Waals surface area contributed by atoms with E-state index in [-0.39, 0.29) is 10.6 Å². The van der Waals surface area contributed by atoms with E-state index in [1.165, 1.54) is 11.3 Å². The molecule has 1 aliphatic heterocycles. The van der Waals surface area contributed by atoms with Crippen LogP contribution >= 0.6 is 11.6 Å². The molecule has 0 radical (unpaired) electrons. The molecule has 1 saturated heterocycles. The van der Waals surface area contributed by atoms with Crippen LogP contribution in [-0.2, 0) is 6.54 Å².